The Morgan fingerprint density at radius 1 is 0.472 bits per heavy atom. The molecule has 0 aromatic heterocycles. The van der Waals surface area contributed by atoms with Crippen LogP contribution < -0.4 is 0 Å². The molecular weight excluding hydrogens is 456 g/mol. The second kappa shape index (κ2) is 16.2. The molecule has 0 unspecified atom stereocenters. The molecule has 0 aliphatic heterocycles. The van der Waals surface area contributed by atoms with E-state index in [-0.39, 0.29) is 0 Å². The molecule has 0 saturated heterocycles. The van der Waals surface area contributed by atoms with Crippen LogP contribution in [0.4, 0.5) is 0 Å². The molecule has 3 aromatic carbocycles. The first-order valence-corrected chi connectivity index (χ1v) is 12.4. The van der Waals surface area contributed by atoms with Crippen LogP contribution in [0.1, 0.15) is 57.5 Å². The Bertz CT molecular complexity index is 934. The van der Waals surface area contributed by atoms with Crippen molar-refractivity contribution >= 4 is 11.9 Å². The number of hydrogen-bond acceptors (Lipinski definition) is 6. The summed E-state index contributed by atoms with van der Waals surface area (Å²) >= 11 is 0. The lowest BCUT2D eigenvalue weighted by Crippen LogP contribution is -2.09. The van der Waals surface area contributed by atoms with E-state index in [9.17, 15) is 9.59 Å². The van der Waals surface area contributed by atoms with Crippen molar-refractivity contribution in [2.75, 3.05) is 26.4 Å². The van der Waals surface area contributed by atoms with Crippen LogP contribution in [0.5, 0.6) is 0 Å². The molecule has 0 saturated carbocycles. The Kier molecular flexibility index (Phi) is 12.2. The summed E-state index contributed by atoms with van der Waals surface area (Å²) in [5.41, 5.74) is 3.09. The van der Waals surface area contributed by atoms with Crippen LogP contribution in [0.2, 0.25) is 0 Å². The van der Waals surface area contributed by atoms with Gasteiger partial charge in [0.1, 0.15) is 0 Å². The largest absolute Gasteiger partial charge is 0.462 e. The van der Waals surface area contributed by atoms with E-state index in [1.54, 1.807) is 24.3 Å². The van der Waals surface area contributed by atoms with Crippen LogP contribution in [0.3, 0.4) is 0 Å². The number of ether oxygens (including phenoxy) is 4. The van der Waals surface area contributed by atoms with E-state index >= 15 is 0 Å². The molecule has 6 heteroatoms. The third kappa shape index (κ3) is 10.4. The van der Waals surface area contributed by atoms with Crippen LogP contribution in [-0.4, -0.2) is 38.4 Å². The van der Waals surface area contributed by atoms with Crippen molar-refractivity contribution in [3.63, 3.8) is 0 Å². The highest BCUT2D eigenvalue weighted by atomic mass is 16.5. The predicted molar refractivity (Wildman–Crippen MR) is 138 cm³/mol. The summed E-state index contributed by atoms with van der Waals surface area (Å²) in [4.78, 5) is 24.4. The van der Waals surface area contributed by atoms with E-state index in [1.165, 1.54) is 0 Å². The average Bonchev–Trinajstić information content (AvgIpc) is 2.93. The maximum absolute atomic E-state index is 12.2. The molecule has 0 amide bonds. The first kappa shape index (κ1) is 27.1. The minimum Gasteiger partial charge on any atom is -0.462 e. The molecule has 6 nitrogen and oxygen atoms in total. The van der Waals surface area contributed by atoms with Gasteiger partial charge in [-0.25, -0.2) is 9.59 Å². The molecule has 0 heterocycles. The zero-order chi connectivity index (χ0) is 25.3. The smallest absolute Gasteiger partial charge is 0.338 e. The Hall–Kier alpha value is -3.48. The summed E-state index contributed by atoms with van der Waals surface area (Å²) in [7, 11) is 0. The lowest BCUT2D eigenvalue weighted by atomic mass is 10.1. The van der Waals surface area contributed by atoms with E-state index in [4.69, 9.17) is 18.9 Å². The molecule has 0 aliphatic rings. The van der Waals surface area contributed by atoms with E-state index in [0.29, 0.717) is 50.8 Å². The van der Waals surface area contributed by atoms with Crippen molar-refractivity contribution < 1.29 is 28.5 Å². The van der Waals surface area contributed by atoms with Crippen molar-refractivity contribution in [3.05, 3.63) is 107 Å². The molecule has 0 spiro atoms. The molecule has 0 bridgehead atoms. The number of hydrogen-bond donors (Lipinski definition) is 0. The topological polar surface area (TPSA) is 71.1 Å². The lowest BCUT2D eigenvalue weighted by Gasteiger charge is -2.08. The zero-order valence-electron chi connectivity index (χ0n) is 20.6. The maximum Gasteiger partial charge on any atom is 0.338 e. The molecule has 0 atom stereocenters. The first-order valence-electron chi connectivity index (χ1n) is 12.4. The fraction of sp³-hybridized carbons (Fsp3) is 0.333. The highest BCUT2D eigenvalue weighted by Crippen LogP contribution is 2.09. The van der Waals surface area contributed by atoms with Crippen molar-refractivity contribution in [1.29, 1.82) is 0 Å². The average molecular weight is 491 g/mol. The van der Waals surface area contributed by atoms with E-state index in [1.807, 2.05) is 60.7 Å². The van der Waals surface area contributed by atoms with Gasteiger partial charge >= 0.3 is 11.9 Å². The van der Waals surface area contributed by atoms with Crippen LogP contribution in [0.25, 0.3) is 0 Å². The fourth-order valence-electron chi connectivity index (χ4n) is 3.38. The predicted octanol–water partition coefficient (Wildman–Crippen LogP) is 5.99. The molecule has 0 N–H and O–H groups in total. The number of benzene rings is 3. The van der Waals surface area contributed by atoms with Gasteiger partial charge in [-0.05, 0) is 61.1 Å². The third-order valence-electron chi connectivity index (χ3n) is 5.41. The second-order valence-electron chi connectivity index (χ2n) is 8.34. The molecule has 3 aromatic rings. The van der Waals surface area contributed by atoms with Crippen molar-refractivity contribution in [2.45, 2.75) is 38.9 Å². The van der Waals surface area contributed by atoms with Gasteiger partial charge in [-0.15, -0.1) is 0 Å². The van der Waals surface area contributed by atoms with Gasteiger partial charge in [0.15, 0.2) is 0 Å². The van der Waals surface area contributed by atoms with Crippen molar-refractivity contribution in [3.8, 4) is 0 Å². The minimum atomic E-state index is -0.407. The van der Waals surface area contributed by atoms with E-state index < -0.39 is 11.9 Å². The monoisotopic (exact) mass is 490 g/mol. The summed E-state index contributed by atoms with van der Waals surface area (Å²) in [6.07, 6.45) is 3.07. The lowest BCUT2D eigenvalue weighted by molar-refractivity contribution is 0.0465. The SMILES string of the molecule is O=C(OCCCCOCc1ccccc1)c1ccc(C(=O)OCCCCOCc2ccccc2)cc1. The van der Waals surface area contributed by atoms with Crippen LogP contribution in [-0.2, 0) is 32.2 Å². The summed E-state index contributed by atoms with van der Waals surface area (Å²) < 4.78 is 21.9. The van der Waals surface area contributed by atoms with Gasteiger partial charge in [-0.2, -0.15) is 0 Å². The molecule has 36 heavy (non-hydrogen) atoms. The van der Waals surface area contributed by atoms with Gasteiger partial charge in [-0.1, -0.05) is 60.7 Å². The summed E-state index contributed by atoms with van der Waals surface area (Å²) in [6, 6.07) is 26.3. The Balaban J connectivity index is 1.21. The van der Waals surface area contributed by atoms with Gasteiger partial charge in [0, 0.05) is 13.2 Å². The Labute approximate surface area is 213 Å². The highest BCUT2D eigenvalue weighted by molar-refractivity contribution is 5.93. The Morgan fingerprint density at radius 2 is 0.833 bits per heavy atom. The van der Waals surface area contributed by atoms with Gasteiger partial charge < -0.3 is 18.9 Å². The standard InChI is InChI=1S/C30H34O6/c31-29(35-21-9-7-19-33-23-25-11-3-1-4-12-25)27-15-17-28(18-16-27)30(32)36-22-10-8-20-34-24-26-13-5-2-6-14-26/h1-6,11-18H,7-10,19-24H2. The molecule has 3 rings (SSSR count). The normalized spacial score (nSPS) is 10.7. The summed E-state index contributed by atoms with van der Waals surface area (Å²) in [6.45, 7) is 3.05. The number of esters is 2. The maximum atomic E-state index is 12.2. The number of rotatable bonds is 16. The number of carbonyl (C=O) groups excluding carboxylic acids is 2. The molecule has 0 fully saturated rings. The summed E-state index contributed by atoms with van der Waals surface area (Å²) in [5, 5.41) is 0. The van der Waals surface area contributed by atoms with Gasteiger partial charge in [0.2, 0.25) is 0 Å². The summed E-state index contributed by atoms with van der Waals surface area (Å²) in [5.74, 6) is -0.814. The molecular formula is C30H34O6. The first-order chi connectivity index (χ1) is 17.7. The molecule has 0 aliphatic carbocycles. The molecule has 0 radical (unpaired) electrons. The van der Waals surface area contributed by atoms with Crippen LogP contribution in [0.15, 0.2) is 84.9 Å². The van der Waals surface area contributed by atoms with Gasteiger partial charge in [-0.3, -0.25) is 0 Å². The Morgan fingerprint density at radius 3 is 1.22 bits per heavy atom. The van der Waals surface area contributed by atoms with Gasteiger partial charge in [0.05, 0.1) is 37.6 Å². The second-order valence-corrected chi connectivity index (χ2v) is 8.34. The van der Waals surface area contributed by atoms with E-state index in [0.717, 1.165) is 36.8 Å². The van der Waals surface area contributed by atoms with Crippen LogP contribution in [0, 0.1) is 0 Å². The molecule has 190 valence electrons. The zero-order valence-corrected chi connectivity index (χ0v) is 20.6. The quantitative estimate of drug-likeness (QED) is 0.181. The number of carbonyl (C=O) groups is 2. The minimum absolute atomic E-state index is 0.326. The van der Waals surface area contributed by atoms with Crippen LogP contribution >= 0.6 is 0 Å². The van der Waals surface area contributed by atoms with Crippen molar-refractivity contribution in [1.82, 2.24) is 0 Å². The van der Waals surface area contributed by atoms with E-state index in [2.05, 4.69) is 0 Å². The fourth-order valence-corrected chi connectivity index (χ4v) is 3.38. The van der Waals surface area contributed by atoms with Gasteiger partial charge in [0.25, 0.3) is 0 Å². The van der Waals surface area contributed by atoms with Crippen molar-refractivity contribution in [2.24, 2.45) is 0 Å². The number of unbranched alkanes of at least 4 members (excludes halogenated alkanes) is 2. The highest BCUT2D eigenvalue weighted by Gasteiger charge is 2.11. The third-order valence-corrected chi connectivity index (χ3v) is 5.41.